The first-order chi connectivity index (χ1) is 17.6. The second-order valence-electron chi connectivity index (χ2n) is 10.3. The molecule has 3 aromatic rings. The highest BCUT2D eigenvalue weighted by atomic mass is 16.2. The smallest absolute Gasteiger partial charge is 0.226 e. The summed E-state index contributed by atoms with van der Waals surface area (Å²) in [6.45, 7) is 3.04. The number of nitrogens with zero attached hydrogens (tertiary/aromatic N) is 3. The number of imidazole rings is 1. The van der Waals surface area contributed by atoms with E-state index in [1.165, 1.54) is 0 Å². The van der Waals surface area contributed by atoms with Crippen LogP contribution in [0.2, 0.25) is 0 Å². The maximum atomic E-state index is 13.6. The van der Waals surface area contributed by atoms with Gasteiger partial charge in [-0.05, 0) is 69.9 Å². The van der Waals surface area contributed by atoms with Crippen molar-refractivity contribution in [3.05, 3.63) is 48.5 Å². The number of piperidine rings is 3. The predicted molar refractivity (Wildman–Crippen MR) is 140 cm³/mol. The van der Waals surface area contributed by atoms with Crippen molar-refractivity contribution in [2.24, 2.45) is 5.41 Å². The molecule has 3 saturated heterocycles. The number of amides is 2. The Morgan fingerprint density at radius 1 is 1.08 bits per heavy atom. The van der Waals surface area contributed by atoms with Crippen LogP contribution in [0.4, 0.5) is 0 Å². The highest BCUT2D eigenvalue weighted by Crippen LogP contribution is 2.41. The Morgan fingerprint density at radius 3 is 2.67 bits per heavy atom. The van der Waals surface area contributed by atoms with Crippen LogP contribution >= 0.6 is 0 Å². The summed E-state index contributed by atoms with van der Waals surface area (Å²) < 4.78 is 0. The summed E-state index contributed by atoms with van der Waals surface area (Å²) in [7, 11) is 1.67. The largest absolute Gasteiger partial charge is 0.359 e. The van der Waals surface area contributed by atoms with Gasteiger partial charge in [-0.1, -0.05) is 25.0 Å². The zero-order valence-electron chi connectivity index (χ0n) is 21.1. The Kier molecular flexibility index (Phi) is 7.32. The van der Waals surface area contributed by atoms with Gasteiger partial charge in [-0.25, -0.2) is 4.98 Å². The third-order valence-corrected chi connectivity index (χ3v) is 8.02. The Balaban J connectivity index is 1.31. The molecule has 8 nitrogen and oxygen atoms in total. The van der Waals surface area contributed by atoms with Crippen LogP contribution in [0, 0.1) is 5.41 Å². The highest BCUT2D eigenvalue weighted by molar-refractivity contribution is 5.84. The van der Waals surface area contributed by atoms with E-state index in [1.54, 1.807) is 13.2 Å². The molecule has 0 saturated carbocycles. The number of carbonyl (C=O) groups excluding carboxylic acids is 2. The molecular weight excluding hydrogens is 452 g/mol. The lowest BCUT2D eigenvalue weighted by Crippen LogP contribution is -2.55. The van der Waals surface area contributed by atoms with Crippen molar-refractivity contribution < 1.29 is 9.59 Å². The molecule has 2 bridgehead atoms. The second kappa shape index (κ2) is 10.8. The van der Waals surface area contributed by atoms with Gasteiger partial charge >= 0.3 is 0 Å². The van der Waals surface area contributed by atoms with Crippen LogP contribution in [-0.2, 0) is 9.59 Å². The number of hydrogen-bond donors (Lipinski definition) is 3. The minimum absolute atomic E-state index is 0.0730. The van der Waals surface area contributed by atoms with Gasteiger partial charge < -0.3 is 20.5 Å². The average molecular weight is 489 g/mol. The van der Waals surface area contributed by atoms with Gasteiger partial charge in [0.1, 0.15) is 5.82 Å². The molecule has 6 rings (SSSR count). The second-order valence-corrected chi connectivity index (χ2v) is 10.3. The Hall–Kier alpha value is -3.26. The summed E-state index contributed by atoms with van der Waals surface area (Å²) in [5.41, 5.74) is 2.69. The van der Waals surface area contributed by atoms with Crippen LogP contribution in [0.3, 0.4) is 0 Å². The molecule has 3 N–H and O–H groups in total. The number of benzene rings is 1. The van der Waals surface area contributed by atoms with Crippen LogP contribution in [0.25, 0.3) is 22.2 Å². The van der Waals surface area contributed by atoms with Gasteiger partial charge in [0.05, 0.1) is 28.9 Å². The van der Waals surface area contributed by atoms with Crippen LogP contribution in [-0.4, -0.2) is 58.3 Å². The number of carbonyl (C=O) groups is 2. The lowest BCUT2D eigenvalue weighted by molar-refractivity contribution is -0.139. The first-order valence-corrected chi connectivity index (χ1v) is 13.2. The van der Waals surface area contributed by atoms with Crippen LogP contribution in [0.15, 0.2) is 42.7 Å². The first kappa shape index (κ1) is 24.4. The monoisotopic (exact) mass is 488 g/mol. The van der Waals surface area contributed by atoms with Crippen molar-refractivity contribution >= 4 is 22.7 Å². The minimum atomic E-state index is -0.243. The molecule has 1 aromatic carbocycles. The fourth-order valence-corrected chi connectivity index (χ4v) is 5.60. The van der Waals surface area contributed by atoms with Crippen molar-refractivity contribution in [1.82, 2.24) is 30.5 Å². The van der Waals surface area contributed by atoms with E-state index in [2.05, 4.69) is 37.6 Å². The average Bonchev–Trinajstić information content (AvgIpc) is 3.43. The number of hydrogen-bond acceptors (Lipinski definition) is 5. The molecule has 3 aliphatic heterocycles. The van der Waals surface area contributed by atoms with Gasteiger partial charge in [-0.3, -0.25) is 14.6 Å². The van der Waals surface area contributed by atoms with Crippen molar-refractivity contribution in [3.8, 4) is 11.3 Å². The van der Waals surface area contributed by atoms with Crippen LogP contribution in [0.5, 0.6) is 0 Å². The van der Waals surface area contributed by atoms with Gasteiger partial charge in [0.15, 0.2) is 0 Å². The molecule has 0 unspecified atom stereocenters. The lowest BCUT2D eigenvalue weighted by atomic mass is 9.71. The topological polar surface area (TPSA) is 103 Å². The van der Waals surface area contributed by atoms with E-state index >= 15 is 0 Å². The summed E-state index contributed by atoms with van der Waals surface area (Å²) in [6.07, 6.45) is 10.5. The maximum Gasteiger partial charge on any atom is 0.226 e. The van der Waals surface area contributed by atoms with Gasteiger partial charge in [-0.2, -0.15) is 0 Å². The van der Waals surface area contributed by atoms with Crippen molar-refractivity contribution in [3.63, 3.8) is 0 Å². The fraction of sp³-hybridized carbons (Fsp3) is 0.500. The van der Waals surface area contributed by atoms with Crippen molar-refractivity contribution in [1.29, 1.82) is 0 Å². The SMILES string of the molecule is CNC(=O)CCCCC[C@H](NC(=O)C12CCN(CC1)CC2)c1ncc(-c2ccc3ncccc3c2)[nH]1. The first-order valence-electron chi connectivity index (χ1n) is 13.2. The number of fused-ring (bicyclic) bond motifs is 4. The standard InChI is InChI=1S/C28H36N6O2/c1-29-25(35)8-4-2-3-7-23(33-27(36)28-11-15-34(16-12-28)17-13-28)26-31-19-24(32-26)21-9-10-22-20(18-21)6-5-14-30-22/h5-6,9-10,14,18-19,23H,2-4,7-8,11-13,15-17H2,1H3,(H,29,35)(H,31,32)(H,33,36)/t23-/m0/s1. The normalized spacial score (nSPS) is 21.9. The number of pyridine rings is 1. The maximum absolute atomic E-state index is 13.6. The quantitative estimate of drug-likeness (QED) is 0.375. The van der Waals surface area contributed by atoms with E-state index in [0.717, 1.165) is 92.6 Å². The molecule has 2 amide bonds. The zero-order valence-corrected chi connectivity index (χ0v) is 21.1. The predicted octanol–water partition coefficient (Wildman–Crippen LogP) is 3.96. The summed E-state index contributed by atoms with van der Waals surface area (Å²) in [5, 5.41) is 7.14. The molecule has 3 aliphatic rings. The van der Waals surface area contributed by atoms with Gasteiger partial charge in [0.2, 0.25) is 11.8 Å². The number of rotatable bonds is 10. The summed E-state index contributed by atoms with van der Waals surface area (Å²) in [5.74, 6) is 1.04. The molecule has 0 radical (unpaired) electrons. The zero-order chi connectivity index (χ0) is 25.0. The molecule has 0 aliphatic carbocycles. The highest BCUT2D eigenvalue weighted by Gasteiger charge is 2.45. The molecule has 36 heavy (non-hydrogen) atoms. The molecular formula is C28H36N6O2. The number of aromatic amines is 1. The van der Waals surface area contributed by atoms with Crippen molar-refractivity contribution in [2.75, 3.05) is 26.7 Å². The fourth-order valence-electron chi connectivity index (χ4n) is 5.60. The molecule has 3 fully saturated rings. The number of H-pyrrole nitrogens is 1. The number of nitrogens with one attached hydrogen (secondary N) is 3. The lowest BCUT2D eigenvalue weighted by Gasteiger charge is -2.47. The summed E-state index contributed by atoms with van der Waals surface area (Å²) in [6, 6.07) is 10.00. The van der Waals surface area contributed by atoms with Crippen molar-refractivity contribution in [2.45, 2.75) is 57.4 Å². The Labute approximate surface area is 212 Å². The van der Waals surface area contributed by atoms with E-state index in [0.29, 0.717) is 6.42 Å². The van der Waals surface area contributed by atoms with Gasteiger partial charge in [0.25, 0.3) is 0 Å². The van der Waals surface area contributed by atoms with E-state index < -0.39 is 0 Å². The van der Waals surface area contributed by atoms with E-state index in [4.69, 9.17) is 4.98 Å². The minimum Gasteiger partial charge on any atom is -0.359 e. The molecule has 8 heteroatoms. The Bertz CT molecular complexity index is 1200. The van der Waals surface area contributed by atoms with Crippen LogP contribution in [0.1, 0.15) is 63.2 Å². The third kappa shape index (κ3) is 5.28. The van der Waals surface area contributed by atoms with Gasteiger partial charge in [-0.15, -0.1) is 0 Å². The number of unbranched alkanes of at least 4 members (excludes halogenated alkanes) is 2. The van der Waals surface area contributed by atoms with Gasteiger partial charge in [0, 0.05) is 30.6 Å². The van der Waals surface area contributed by atoms with Crippen LogP contribution < -0.4 is 10.6 Å². The van der Waals surface area contributed by atoms with E-state index in [1.807, 2.05) is 24.4 Å². The van der Waals surface area contributed by atoms with E-state index in [-0.39, 0.29) is 23.3 Å². The number of aromatic nitrogens is 3. The molecule has 1 atom stereocenters. The summed E-state index contributed by atoms with van der Waals surface area (Å²) >= 11 is 0. The van der Waals surface area contributed by atoms with E-state index in [9.17, 15) is 9.59 Å². The molecule has 190 valence electrons. The third-order valence-electron chi connectivity index (χ3n) is 8.02. The molecule has 2 aromatic heterocycles. The molecule has 0 spiro atoms. The molecule has 5 heterocycles. The Morgan fingerprint density at radius 2 is 1.89 bits per heavy atom. The summed E-state index contributed by atoms with van der Waals surface area (Å²) in [4.78, 5) is 40.2.